The Kier molecular flexibility index (Phi) is 8.04. The van der Waals surface area contributed by atoms with Crippen molar-refractivity contribution in [1.29, 1.82) is 0 Å². The molecule has 0 aliphatic heterocycles. The SMILES string of the molecule is C/N=C(\N=C(/NC)c1ccccc1-c1ncnc(-c2ccccc2)n1)c1ccccc1-c1ncnc(-c2ccccc2)n1. The van der Waals surface area contributed by atoms with Crippen molar-refractivity contribution < 1.29 is 0 Å². The van der Waals surface area contributed by atoms with Gasteiger partial charge in [-0.25, -0.2) is 34.9 Å². The molecule has 2 heterocycles. The van der Waals surface area contributed by atoms with Gasteiger partial charge in [-0.15, -0.1) is 0 Å². The molecular weight excluding hydrogens is 534 g/mol. The van der Waals surface area contributed by atoms with Crippen LogP contribution < -0.4 is 5.32 Å². The van der Waals surface area contributed by atoms with Crippen LogP contribution in [0.5, 0.6) is 0 Å². The topological polar surface area (TPSA) is 114 Å². The first-order chi connectivity index (χ1) is 21.2. The van der Waals surface area contributed by atoms with Crippen LogP contribution in [0.1, 0.15) is 11.1 Å². The molecule has 9 heteroatoms. The molecule has 6 rings (SSSR count). The molecule has 0 spiro atoms. The molecule has 6 aromatic rings. The Hall–Kier alpha value is -5.96. The van der Waals surface area contributed by atoms with Crippen molar-refractivity contribution >= 4 is 11.7 Å². The van der Waals surface area contributed by atoms with Gasteiger partial charge in [0.05, 0.1) is 0 Å². The first-order valence-corrected chi connectivity index (χ1v) is 13.7. The summed E-state index contributed by atoms with van der Waals surface area (Å²) in [7, 11) is 3.55. The van der Waals surface area contributed by atoms with E-state index >= 15 is 0 Å². The predicted octanol–water partition coefficient (Wildman–Crippen LogP) is 5.77. The number of hydrogen-bond acceptors (Lipinski definition) is 7. The van der Waals surface area contributed by atoms with Gasteiger partial charge < -0.3 is 5.32 Å². The van der Waals surface area contributed by atoms with Crippen LogP contribution in [-0.4, -0.2) is 55.7 Å². The van der Waals surface area contributed by atoms with Crippen LogP contribution in [0.3, 0.4) is 0 Å². The number of hydrogen-bond donors (Lipinski definition) is 1. The Balaban J connectivity index is 1.40. The number of benzene rings is 4. The fourth-order valence-electron chi connectivity index (χ4n) is 4.65. The van der Waals surface area contributed by atoms with E-state index in [1.807, 2.05) is 116 Å². The Bertz CT molecular complexity index is 1920. The summed E-state index contributed by atoms with van der Waals surface area (Å²) >= 11 is 0. The van der Waals surface area contributed by atoms with Crippen molar-refractivity contribution in [3.05, 3.63) is 133 Å². The van der Waals surface area contributed by atoms with Crippen molar-refractivity contribution in [3.63, 3.8) is 0 Å². The summed E-state index contributed by atoms with van der Waals surface area (Å²) in [6.45, 7) is 0. The number of amidine groups is 2. The van der Waals surface area contributed by atoms with Gasteiger partial charge in [0.25, 0.3) is 0 Å². The van der Waals surface area contributed by atoms with E-state index in [1.165, 1.54) is 12.7 Å². The number of nitrogens with one attached hydrogen (secondary N) is 1. The largest absolute Gasteiger partial charge is 0.373 e. The number of aromatic nitrogens is 6. The highest BCUT2D eigenvalue weighted by Crippen LogP contribution is 2.26. The fourth-order valence-corrected chi connectivity index (χ4v) is 4.65. The standard InChI is InChI=1S/C34H27N9/c1-35-31(25-17-9-11-19-27(25)33-39-21-37-29(41-33)23-13-5-3-6-14-23)43-32(36-2)26-18-10-12-20-28(26)34-40-22-38-30(42-34)24-15-7-4-8-16-24/h3-22H,1-2H3,(H,35,36,43). The highest BCUT2D eigenvalue weighted by Gasteiger charge is 2.17. The number of rotatable bonds is 6. The lowest BCUT2D eigenvalue weighted by molar-refractivity contribution is 1.06. The average molecular weight is 562 g/mol. The molecular formula is C34H27N9. The van der Waals surface area contributed by atoms with Crippen LogP contribution >= 0.6 is 0 Å². The maximum Gasteiger partial charge on any atom is 0.164 e. The van der Waals surface area contributed by atoms with Crippen LogP contribution in [0.2, 0.25) is 0 Å². The van der Waals surface area contributed by atoms with E-state index in [0.29, 0.717) is 35.0 Å². The third-order valence-corrected chi connectivity index (χ3v) is 6.71. The van der Waals surface area contributed by atoms with E-state index in [-0.39, 0.29) is 0 Å². The summed E-state index contributed by atoms with van der Waals surface area (Å²) in [5, 5.41) is 3.26. The minimum Gasteiger partial charge on any atom is -0.373 e. The van der Waals surface area contributed by atoms with E-state index in [1.54, 1.807) is 7.05 Å². The van der Waals surface area contributed by atoms with Crippen LogP contribution in [0.15, 0.2) is 132 Å². The van der Waals surface area contributed by atoms with Crippen LogP contribution in [0.25, 0.3) is 45.6 Å². The summed E-state index contributed by atoms with van der Waals surface area (Å²) in [4.78, 5) is 36.9. The first kappa shape index (κ1) is 27.2. The lowest BCUT2D eigenvalue weighted by Gasteiger charge is -2.14. The van der Waals surface area contributed by atoms with Crippen molar-refractivity contribution in [3.8, 4) is 45.6 Å². The molecule has 2 aromatic heterocycles. The Morgan fingerprint density at radius 2 is 0.977 bits per heavy atom. The smallest absolute Gasteiger partial charge is 0.164 e. The second kappa shape index (κ2) is 12.7. The second-order valence-electron chi connectivity index (χ2n) is 9.35. The monoisotopic (exact) mass is 561 g/mol. The summed E-state index contributed by atoms with van der Waals surface area (Å²) in [5.41, 5.74) is 5.03. The molecule has 0 atom stereocenters. The molecule has 0 fully saturated rings. The summed E-state index contributed by atoms with van der Waals surface area (Å²) in [6, 6.07) is 35.3. The first-order valence-electron chi connectivity index (χ1n) is 13.7. The van der Waals surface area contributed by atoms with E-state index in [4.69, 9.17) is 15.0 Å². The van der Waals surface area contributed by atoms with Crippen molar-refractivity contribution in [2.75, 3.05) is 14.1 Å². The van der Waals surface area contributed by atoms with Crippen LogP contribution in [0, 0.1) is 0 Å². The molecule has 43 heavy (non-hydrogen) atoms. The predicted molar refractivity (Wildman–Crippen MR) is 169 cm³/mol. The van der Waals surface area contributed by atoms with E-state index < -0.39 is 0 Å². The molecule has 9 nitrogen and oxygen atoms in total. The summed E-state index contributed by atoms with van der Waals surface area (Å²) in [6.07, 6.45) is 3.06. The van der Waals surface area contributed by atoms with Gasteiger partial charge in [-0.1, -0.05) is 109 Å². The molecule has 1 N–H and O–H groups in total. The zero-order valence-electron chi connectivity index (χ0n) is 23.6. The third kappa shape index (κ3) is 5.91. The normalized spacial score (nSPS) is 11.8. The van der Waals surface area contributed by atoms with E-state index in [2.05, 4.69) is 30.2 Å². The van der Waals surface area contributed by atoms with E-state index in [0.717, 1.165) is 33.4 Å². The van der Waals surface area contributed by atoms with E-state index in [9.17, 15) is 0 Å². The molecule has 0 saturated heterocycles. The zero-order chi connectivity index (χ0) is 29.4. The third-order valence-electron chi connectivity index (χ3n) is 6.71. The van der Waals surface area contributed by atoms with Gasteiger partial charge in [0.1, 0.15) is 18.5 Å². The van der Waals surface area contributed by atoms with Gasteiger partial charge in [0.15, 0.2) is 29.1 Å². The quantitative estimate of drug-likeness (QED) is 0.203. The molecule has 0 unspecified atom stereocenters. The minimum atomic E-state index is 0.511. The molecule has 0 aliphatic carbocycles. The lowest BCUT2D eigenvalue weighted by atomic mass is 10.0. The van der Waals surface area contributed by atoms with Gasteiger partial charge >= 0.3 is 0 Å². The molecule has 208 valence electrons. The second-order valence-corrected chi connectivity index (χ2v) is 9.35. The summed E-state index contributed by atoms with van der Waals surface area (Å²) < 4.78 is 0. The maximum atomic E-state index is 5.00. The van der Waals surface area contributed by atoms with Crippen molar-refractivity contribution in [2.45, 2.75) is 0 Å². The fraction of sp³-hybridized carbons (Fsp3) is 0.0588. The van der Waals surface area contributed by atoms with Crippen molar-refractivity contribution in [2.24, 2.45) is 9.98 Å². The molecule has 4 aromatic carbocycles. The maximum absolute atomic E-state index is 5.00. The zero-order valence-corrected chi connectivity index (χ0v) is 23.6. The van der Waals surface area contributed by atoms with Crippen molar-refractivity contribution in [1.82, 2.24) is 35.2 Å². The molecule has 0 amide bonds. The Labute approximate surface area is 249 Å². The molecule has 0 saturated carbocycles. The van der Waals surface area contributed by atoms with Gasteiger partial charge in [-0.2, -0.15) is 0 Å². The number of aliphatic imine (C=N–C) groups is 2. The lowest BCUT2D eigenvalue weighted by Crippen LogP contribution is -2.23. The average Bonchev–Trinajstić information content (AvgIpc) is 3.10. The Morgan fingerprint density at radius 3 is 1.49 bits per heavy atom. The van der Waals surface area contributed by atoms with Crippen LogP contribution in [0.4, 0.5) is 0 Å². The molecule has 0 aliphatic rings. The van der Waals surface area contributed by atoms with Gasteiger partial charge in [-0.05, 0) is 0 Å². The van der Waals surface area contributed by atoms with Gasteiger partial charge in [0, 0.05) is 47.5 Å². The molecule has 0 radical (unpaired) electrons. The Morgan fingerprint density at radius 1 is 0.535 bits per heavy atom. The minimum absolute atomic E-state index is 0.511. The molecule has 0 bridgehead atoms. The number of nitrogens with zero attached hydrogens (tertiary/aromatic N) is 8. The highest BCUT2D eigenvalue weighted by molar-refractivity contribution is 6.15. The van der Waals surface area contributed by atoms with Crippen LogP contribution in [-0.2, 0) is 0 Å². The van der Waals surface area contributed by atoms with Gasteiger partial charge in [0.2, 0.25) is 0 Å². The summed E-state index contributed by atoms with van der Waals surface area (Å²) in [5.74, 6) is 3.38. The van der Waals surface area contributed by atoms with Gasteiger partial charge in [-0.3, -0.25) is 4.99 Å². The highest BCUT2D eigenvalue weighted by atomic mass is 15.0.